The van der Waals surface area contributed by atoms with Crippen molar-refractivity contribution in [1.29, 1.82) is 0 Å². The maximum Gasteiger partial charge on any atom is 0.339 e. The van der Waals surface area contributed by atoms with E-state index >= 15 is 0 Å². The number of halogens is 3. The maximum atomic E-state index is 11.4. The lowest BCUT2D eigenvalue weighted by molar-refractivity contribution is 0.0525. The van der Waals surface area contributed by atoms with Crippen LogP contribution in [0.3, 0.4) is 0 Å². The van der Waals surface area contributed by atoms with Crippen LogP contribution in [-0.4, -0.2) is 12.6 Å². The summed E-state index contributed by atoms with van der Waals surface area (Å²) in [5, 5.41) is 0.889. The minimum Gasteiger partial charge on any atom is -0.462 e. The minimum atomic E-state index is -0.402. The summed E-state index contributed by atoms with van der Waals surface area (Å²) < 4.78 is 5.52. The third-order valence-corrected chi connectivity index (χ3v) is 3.49. The van der Waals surface area contributed by atoms with E-state index in [0.29, 0.717) is 25.8 Å². The van der Waals surface area contributed by atoms with Gasteiger partial charge < -0.3 is 4.74 Å². The van der Waals surface area contributed by atoms with E-state index in [-0.39, 0.29) is 0 Å². The average molecular weight is 345 g/mol. The quantitative estimate of drug-likeness (QED) is 0.463. The Kier molecular flexibility index (Phi) is 4.47. The topological polar surface area (TPSA) is 26.3 Å². The second-order valence-electron chi connectivity index (χ2n) is 2.47. The van der Waals surface area contributed by atoms with E-state index in [2.05, 4.69) is 0 Å². The normalized spacial score (nSPS) is 10.0. The van der Waals surface area contributed by atoms with Gasteiger partial charge in [-0.15, -0.1) is 0 Å². The Bertz CT molecular complexity index is 366. The highest BCUT2D eigenvalue weighted by atomic mass is 127. The molecule has 5 heteroatoms. The molecule has 0 heterocycles. The lowest BCUT2D eigenvalue weighted by atomic mass is 10.2. The van der Waals surface area contributed by atoms with Crippen molar-refractivity contribution in [2.45, 2.75) is 6.92 Å². The molecule has 0 saturated carbocycles. The fraction of sp³-hybridized carbons (Fsp3) is 0.222. The van der Waals surface area contributed by atoms with Crippen molar-refractivity contribution in [2.75, 3.05) is 6.61 Å². The number of carbonyl (C=O) groups is 1. The van der Waals surface area contributed by atoms with Crippen molar-refractivity contribution in [2.24, 2.45) is 0 Å². The highest BCUT2D eigenvalue weighted by Crippen LogP contribution is 2.27. The molecule has 1 rings (SSSR count). The first-order valence-corrected chi connectivity index (χ1v) is 5.71. The van der Waals surface area contributed by atoms with Gasteiger partial charge in [0.2, 0.25) is 0 Å². The lowest BCUT2D eigenvalue weighted by Crippen LogP contribution is -2.06. The molecule has 0 bridgehead atoms. The van der Waals surface area contributed by atoms with Crippen LogP contribution >= 0.6 is 45.8 Å². The molecular formula is C9H7Cl2IO2. The fourth-order valence-corrected chi connectivity index (χ4v) is 1.94. The van der Waals surface area contributed by atoms with E-state index in [9.17, 15) is 4.79 Å². The molecule has 0 spiro atoms. The molecule has 0 unspecified atom stereocenters. The molecule has 0 atom stereocenters. The number of carbonyl (C=O) groups excluding carboxylic acids is 1. The van der Waals surface area contributed by atoms with Crippen LogP contribution in [0, 0.1) is 3.57 Å². The zero-order valence-corrected chi connectivity index (χ0v) is 11.0. The van der Waals surface area contributed by atoms with Gasteiger partial charge in [0.15, 0.2) is 0 Å². The van der Waals surface area contributed by atoms with Gasteiger partial charge in [-0.2, -0.15) is 0 Å². The summed E-state index contributed by atoms with van der Waals surface area (Å²) in [6, 6.07) is 3.14. The molecule has 0 N–H and O–H groups in total. The molecule has 1 aromatic rings. The van der Waals surface area contributed by atoms with Crippen molar-refractivity contribution >= 4 is 51.8 Å². The molecule has 76 valence electrons. The van der Waals surface area contributed by atoms with Gasteiger partial charge >= 0.3 is 5.97 Å². The summed E-state index contributed by atoms with van der Waals surface area (Å²) in [6.07, 6.45) is 0. The Morgan fingerprint density at radius 2 is 2.14 bits per heavy atom. The van der Waals surface area contributed by atoms with Gasteiger partial charge in [0.1, 0.15) is 0 Å². The van der Waals surface area contributed by atoms with E-state index in [1.165, 1.54) is 0 Å². The number of rotatable bonds is 2. The van der Waals surface area contributed by atoms with Crippen molar-refractivity contribution in [3.05, 3.63) is 31.3 Å². The van der Waals surface area contributed by atoms with Gasteiger partial charge in [0, 0.05) is 8.59 Å². The Balaban J connectivity index is 3.13. The zero-order valence-electron chi connectivity index (χ0n) is 7.31. The van der Waals surface area contributed by atoms with Gasteiger partial charge in [-0.1, -0.05) is 23.2 Å². The van der Waals surface area contributed by atoms with E-state index in [4.69, 9.17) is 27.9 Å². The van der Waals surface area contributed by atoms with E-state index in [1.54, 1.807) is 19.1 Å². The van der Waals surface area contributed by atoms with Gasteiger partial charge in [-0.05, 0) is 41.6 Å². The fourth-order valence-electron chi connectivity index (χ4n) is 0.913. The molecule has 0 aliphatic rings. The van der Waals surface area contributed by atoms with Crippen LogP contribution in [0.25, 0.3) is 0 Å². The third-order valence-electron chi connectivity index (χ3n) is 1.49. The molecule has 0 fully saturated rings. The summed E-state index contributed by atoms with van der Waals surface area (Å²) in [7, 11) is 0. The first kappa shape index (κ1) is 12.1. The second-order valence-corrected chi connectivity index (χ2v) is 4.39. The zero-order chi connectivity index (χ0) is 10.7. The third kappa shape index (κ3) is 2.74. The molecule has 0 amide bonds. The van der Waals surface area contributed by atoms with E-state index in [1.807, 2.05) is 22.6 Å². The number of ether oxygens (including phenoxy) is 1. The Morgan fingerprint density at radius 3 is 2.71 bits per heavy atom. The highest BCUT2D eigenvalue weighted by molar-refractivity contribution is 14.1. The smallest absolute Gasteiger partial charge is 0.339 e. The van der Waals surface area contributed by atoms with Crippen LogP contribution in [0.15, 0.2) is 12.1 Å². The van der Waals surface area contributed by atoms with Crippen LogP contribution in [-0.2, 0) is 4.74 Å². The highest BCUT2D eigenvalue weighted by Gasteiger charge is 2.14. The molecule has 14 heavy (non-hydrogen) atoms. The van der Waals surface area contributed by atoms with E-state index < -0.39 is 5.97 Å². The monoisotopic (exact) mass is 344 g/mol. The van der Waals surface area contributed by atoms with Gasteiger partial charge in [-0.25, -0.2) is 4.79 Å². The predicted molar refractivity (Wildman–Crippen MR) is 65.1 cm³/mol. The van der Waals surface area contributed by atoms with Crippen molar-refractivity contribution in [3.8, 4) is 0 Å². The first-order chi connectivity index (χ1) is 6.56. The number of esters is 1. The van der Waals surface area contributed by atoms with E-state index in [0.717, 1.165) is 0 Å². The Labute approximate surface area is 106 Å². The molecule has 2 nitrogen and oxygen atoms in total. The Hall–Kier alpha value is -0.000000000000000111. The molecule has 1 aromatic carbocycles. The minimum absolute atomic E-state index is 0.332. The molecule has 0 aromatic heterocycles. The lowest BCUT2D eigenvalue weighted by Gasteiger charge is -2.06. The standard InChI is InChI=1S/C9H7Cl2IO2/c1-2-14-9(13)6-3-5(10)4-7(11)8(6)12/h3-4H,2H2,1H3. The van der Waals surface area contributed by atoms with Gasteiger partial charge in [0.05, 0.1) is 17.2 Å². The first-order valence-electron chi connectivity index (χ1n) is 3.88. The summed E-state index contributed by atoms with van der Waals surface area (Å²) in [5.41, 5.74) is 0.407. The largest absolute Gasteiger partial charge is 0.462 e. The SMILES string of the molecule is CCOC(=O)c1cc(Cl)cc(Cl)c1I. The number of benzene rings is 1. The van der Waals surface area contributed by atoms with Crippen molar-refractivity contribution in [1.82, 2.24) is 0 Å². The molecule has 0 aliphatic heterocycles. The second kappa shape index (κ2) is 5.19. The molecule has 0 saturated heterocycles. The van der Waals surface area contributed by atoms with Crippen LogP contribution in [0.1, 0.15) is 17.3 Å². The average Bonchev–Trinajstić information content (AvgIpc) is 2.11. The summed E-state index contributed by atoms with van der Waals surface area (Å²) >= 11 is 13.6. The summed E-state index contributed by atoms with van der Waals surface area (Å²) in [6.45, 7) is 2.08. The summed E-state index contributed by atoms with van der Waals surface area (Å²) in [4.78, 5) is 11.4. The van der Waals surface area contributed by atoms with Crippen molar-refractivity contribution in [3.63, 3.8) is 0 Å². The number of hydrogen-bond acceptors (Lipinski definition) is 2. The van der Waals surface area contributed by atoms with Crippen LogP contribution in [0.5, 0.6) is 0 Å². The Morgan fingerprint density at radius 1 is 1.50 bits per heavy atom. The van der Waals surface area contributed by atoms with Gasteiger partial charge in [-0.3, -0.25) is 0 Å². The van der Waals surface area contributed by atoms with Crippen LogP contribution < -0.4 is 0 Å². The molecule has 0 aliphatic carbocycles. The van der Waals surface area contributed by atoms with Crippen molar-refractivity contribution < 1.29 is 9.53 Å². The van der Waals surface area contributed by atoms with Crippen LogP contribution in [0.2, 0.25) is 10.0 Å². The predicted octanol–water partition coefficient (Wildman–Crippen LogP) is 3.77. The van der Waals surface area contributed by atoms with Gasteiger partial charge in [0.25, 0.3) is 0 Å². The number of hydrogen-bond donors (Lipinski definition) is 0. The summed E-state index contributed by atoms with van der Waals surface area (Å²) in [5.74, 6) is -0.402. The molecular weight excluding hydrogens is 338 g/mol. The maximum absolute atomic E-state index is 11.4. The molecule has 0 radical (unpaired) electrons. The van der Waals surface area contributed by atoms with Crippen LogP contribution in [0.4, 0.5) is 0 Å².